The van der Waals surface area contributed by atoms with Crippen molar-refractivity contribution in [3.8, 4) is 0 Å². The molecule has 90 valence electrons. The van der Waals surface area contributed by atoms with Crippen molar-refractivity contribution in [3.05, 3.63) is 22.4 Å². The van der Waals surface area contributed by atoms with Gasteiger partial charge in [0.15, 0.2) is 0 Å². The summed E-state index contributed by atoms with van der Waals surface area (Å²) in [6, 6.07) is 5.75. The Bertz CT molecular complexity index is 293. The van der Waals surface area contributed by atoms with Crippen LogP contribution in [0.15, 0.2) is 17.5 Å². The van der Waals surface area contributed by atoms with Gasteiger partial charge in [-0.2, -0.15) is 11.8 Å². The van der Waals surface area contributed by atoms with Crippen LogP contribution in [0.3, 0.4) is 0 Å². The quantitative estimate of drug-likeness (QED) is 0.792. The van der Waals surface area contributed by atoms with E-state index < -0.39 is 0 Å². The van der Waals surface area contributed by atoms with Crippen molar-refractivity contribution < 1.29 is 0 Å². The molecule has 1 aliphatic rings. The number of hydrogen-bond acceptors (Lipinski definition) is 3. The van der Waals surface area contributed by atoms with Gasteiger partial charge in [0.1, 0.15) is 0 Å². The van der Waals surface area contributed by atoms with E-state index in [4.69, 9.17) is 0 Å². The lowest BCUT2D eigenvalue weighted by molar-refractivity contribution is 0.421. The molecule has 1 heterocycles. The van der Waals surface area contributed by atoms with Gasteiger partial charge in [-0.15, -0.1) is 11.3 Å². The molecule has 1 aromatic rings. The predicted molar refractivity (Wildman–Crippen MR) is 75.4 cm³/mol. The van der Waals surface area contributed by atoms with E-state index in [0.29, 0.717) is 12.1 Å². The third-order valence-corrected chi connectivity index (χ3v) is 4.91. The number of hydrogen-bond donors (Lipinski definition) is 1. The van der Waals surface area contributed by atoms with E-state index in [-0.39, 0.29) is 0 Å². The molecule has 16 heavy (non-hydrogen) atoms. The summed E-state index contributed by atoms with van der Waals surface area (Å²) in [6.07, 6.45) is 6.24. The average Bonchev–Trinajstić information content (AvgIpc) is 2.99. The molecule has 3 heteroatoms. The Morgan fingerprint density at radius 3 is 2.88 bits per heavy atom. The van der Waals surface area contributed by atoms with Crippen molar-refractivity contribution in [1.82, 2.24) is 5.32 Å². The van der Waals surface area contributed by atoms with E-state index in [9.17, 15) is 0 Å². The second-order valence-electron chi connectivity index (χ2n) is 4.56. The van der Waals surface area contributed by atoms with Crippen LogP contribution in [0.1, 0.15) is 37.1 Å². The first kappa shape index (κ1) is 12.5. The summed E-state index contributed by atoms with van der Waals surface area (Å²) in [5.74, 6) is 2.13. The van der Waals surface area contributed by atoms with Gasteiger partial charge in [0.25, 0.3) is 0 Å². The summed E-state index contributed by atoms with van der Waals surface area (Å²) in [4.78, 5) is 1.53. The fraction of sp³-hybridized carbons (Fsp3) is 0.692. The lowest BCUT2D eigenvalue weighted by Gasteiger charge is -2.23. The predicted octanol–water partition coefficient (Wildman–Crippen LogP) is 3.93. The summed E-state index contributed by atoms with van der Waals surface area (Å²) in [5, 5.41) is 6.05. The van der Waals surface area contributed by atoms with E-state index in [2.05, 4.69) is 36.0 Å². The lowest BCUT2D eigenvalue weighted by Crippen LogP contribution is -2.35. The van der Waals surface area contributed by atoms with Gasteiger partial charge in [-0.05, 0) is 42.9 Å². The summed E-state index contributed by atoms with van der Waals surface area (Å²) < 4.78 is 0. The second-order valence-corrected chi connectivity index (χ2v) is 6.45. The zero-order chi connectivity index (χ0) is 11.4. The Hall–Kier alpha value is 0.01000. The van der Waals surface area contributed by atoms with Gasteiger partial charge in [0, 0.05) is 22.7 Å². The van der Waals surface area contributed by atoms with Crippen molar-refractivity contribution in [1.29, 1.82) is 0 Å². The zero-order valence-corrected chi connectivity index (χ0v) is 11.7. The number of thiophene rings is 1. The summed E-state index contributed by atoms with van der Waals surface area (Å²) in [7, 11) is 0. The molecule has 0 aliphatic heterocycles. The second kappa shape index (κ2) is 6.08. The van der Waals surface area contributed by atoms with E-state index in [1.54, 1.807) is 0 Å². The first-order chi connectivity index (χ1) is 7.85. The highest BCUT2D eigenvalue weighted by atomic mass is 32.2. The summed E-state index contributed by atoms with van der Waals surface area (Å²) >= 11 is 3.85. The number of nitrogens with one attached hydrogen (secondary N) is 1. The van der Waals surface area contributed by atoms with Crippen LogP contribution in [0.2, 0.25) is 0 Å². The van der Waals surface area contributed by atoms with Gasteiger partial charge >= 0.3 is 0 Å². The minimum absolute atomic E-state index is 0.622. The van der Waals surface area contributed by atoms with E-state index in [1.807, 2.05) is 23.1 Å². The van der Waals surface area contributed by atoms with Crippen molar-refractivity contribution in [2.75, 3.05) is 12.0 Å². The smallest absolute Gasteiger partial charge is 0.0445 e. The van der Waals surface area contributed by atoms with E-state index in [0.717, 1.165) is 5.92 Å². The molecule has 0 spiro atoms. The standard InChI is InChI=1S/C13H21NS2/c1-3-11(9-15-2)14-13(10-6-7-10)12-5-4-8-16-12/h4-5,8,10-11,13-14H,3,6-7,9H2,1-2H3. The first-order valence-corrected chi connectivity index (χ1v) is 8.41. The Balaban J connectivity index is 1.97. The van der Waals surface area contributed by atoms with Crippen LogP contribution in [0.4, 0.5) is 0 Å². The molecule has 2 rings (SSSR count). The van der Waals surface area contributed by atoms with Crippen molar-refractivity contribution >= 4 is 23.1 Å². The van der Waals surface area contributed by atoms with Crippen molar-refractivity contribution in [2.24, 2.45) is 5.92 Å². The number of rotatable bonds is 7. The molecule has 2 unspecified atom stereocenters. The molecule has 1 N–H and O–H groups in total. The monoisotopic (exact) mass is 255 g/mol. The van der Waals surface area contributed by atoms with Crippen LogP contribution in [0, 0.1) is 5.92 Å². The van der Waals surface area contributed by atoms with Gasteiger partial charge in [-0.25, -0.2) is 0 Å². The summed E-state index contributed by atoms with van der Waals surface area (Å²) in [5.41, 5.74) is 0. The first-order valence-electron chi connectivity index (χ1n) is 6.13. The fourth-order valence-electron chi connectivity index (χ4n) is 2.09. The zero-order valence-electron chi connectivity index (χ0n) is 10.1. The fourth-order valence-corrected chi connectivity index (χ4v) is 3.70. The van der Waals surface area contributed by atoms with Gasteiger partial charge < -0.3 is 5.32 Å². The minimum Gasteiger partial charge on any atom is -0.305 e. The molecule has 0 bridgehead atoms. The van der Waals surface area contributed by atoms with E-state index in [1.165, 1.54) is 29.9 Å². The van der Waals surface area contributed by atoms with Gasteiger partial charge in [-0.1, -0.05) is 13.0 Å². The molecule has 2 atom stereocenters. The molecule has 1 fully saturated rings. The maximum absolute atomic E-state index is 3.86. The third-order valence-electron chi connectivity index (χ3n) is 3.22. The molecular formula is C13H21NS2. The molecular weight excluding hydrogens is 234 g/mol. The van der Waals surface area contributed by atoms with Crippen LogP contribution in [0.5, 0.6) is 0 Å². The van der Waals surface area contributed by atoms with Gasteiger partial charge in [-0.3, -0.25) is 0 Å². The highest BCUT2D eigenvalue weighted by Crippen LogP contribution is 2.42. The maximum atomic E-state index is 3.86. The number of thioether (sulfide) groups is 1. The third kappa shape index (κ3) is 3.25. The maximum Gasteiger partial charge on any atom is 0.0445 e. The Morgan fingerprint density at radius 2 is 2.38 bits per heavy atom. The molecule has 0 saturated heterocycles. The normalized spacial score (nSPS) is 19.6. The highest BCUT2D eigenvalue weighted by Gasteiger charge is 2.33. The van der Waals surface area contributed by atoms with Gasteiger partial charge in [0.2, 0.25) is 0 Å². The molecule has 0 aromatic carbocycles. The minimum atomic E-state index is 0.622. The van der Waals surface area contributed by atoms with Crippen LogP contribution < -0.4 is 5.32 Å². The van der Waals surface area contributed by atoms with Crippen LogP contribution in [-0.4, -0.2) is 18.1 Å². The molecule has 1 aromatic heterocycles. The van der Waals surface area contributed by atoms with Crippen LogP contribution >= 0.6 is 23.1 Å². The van der Waals surface area contributed by atoms with E-state index >= 15 is 0 Å². The van der Waals surface area contributed by atoms with Gasteiger partial charge in [0.05, 0.1) is 0 Å². The molecule has 0 amide bonds. The largest absolute Gasteiger partial charge is 0.305 e. The topological polar surface area (TPSA) is 12.0 Å². The Labute approximate surface area is 107 Å². The summed E-state index contributed by atoms with van der Waals surface area (Å²) in [6.45, 7) is 2.28. The highest BCUT2D eigenvalue weighted by molar-refractivity contribution is 7.98. The molecule has 1 aliphatic carbocycles. The molecule has 0 radical (unpaired) electrons. The van der Waals surface area contributed by atoms with Crippen molar-refractivity contribution in [3.63, 3.8) is 0 Å². The molecule has 1 nitrogen and oxygen atoms in total. The molecule has 1 saturated carbocycles. The van der Waals surface area contributed by atoms with Crippen LogP contribution in [0.25, 0.3) is 0 Å². The SMILES string of the molecule is CCC(CSC)NC(c1cccs1)C1CC1. The Morgan fingerprint density at radius 1 is 1.56 bits per heavy atom. The van der Waals surface area contributed by atoms with Crippen LogP contribution in [-0.2, 0) is 0 Å². The average molecular weight is 255 g/mol. The lowest BCUT2D eigenvalue weighted by atomic mass is 10.1. The Kier molecular flexibility index (Phi) is 4.74. The van der Waals surface area contributed by atoms with Crippen molar-refractivity contribution in [2.45, 2.75) is 38.3 Å².